The van der Waals surface area contributed by atoms with E-state index < -0.39 is 30.1 Å². The number of aryl methyl sites for hydroxylation is 1. The molecule has 0 bridgehead atoms. The van der Waals surface area contributed by atoms with Gasteiger partial charge in [-0.15, -0.1) is 0 Å². The van der Waals surface area contributed by atoms with Gasteiger partial charge in [-0.05, 0) is 44.5 Å². The summed E-state index contributed by atoms with van der Waals surface area (Å²) in [4.78, 5) is 18.5. The van der Waals surface area contributed by atoms with Crippen molar-refractivity contribution in [2.45, 2.75) is 39.5 Å². The summed E-state index contributed by atoms with van der Waals surface area (Å²) in [7, 11) is 1.50. The lowest BCUT2D eigenvalue weighted by Gasteiger charge is -2.23. The van der Waals surface area contributed by atoms with E-state index in [9.17, 15) is 22.4 Å². The van der Waals surface area contributed by atoms with Gasteiger partial charge in [-0.3, -0.25) is 4.79 Å². The third-order valence-corrected chi connectivity index (χ3v) is 4.70. The van der Waals surface area contributed by atoms with Crippen LogP contribution in [0, 0.1) is 12.7 Å². The smallest absolute Gasteiger partial charge is 0.338 e. The molecule has 0 unspecified atom stereocenters. The van der Waals surface area contributed by atoms with Crippen LogP contribution >= 0.6 is 0 Å². The van der Waals surface area contributed by atoms with Crippen LogP contribution in [0.5, 0.6) is 0 Å². The van der Waals surface area contributed by atoms with Crippen molar-refractivity contribution in [3.8, 4) is 11.1 Å². The highest BCUT2D eigenvalue weighted by Crippen LogP contribution is 2.38. The van der Waals surface area contributed by atoms with Crippen LogP contribution in [0.3, 0.4) is 0 Å². The van der Waals surface area contributed by atoms with Crippen LogP contribution < -0.4 is 0 Å². The number of benzene rings is 1. The Morgan fingerprint density at radius 2 is 1.87 bits per heavy atom. The Balaban J connectivity index is 2.27. The molecule has 0 N–H and O–H groups in total. The third-order valence-electron chi connectivity index (χ3n) is 4.70. The van der Waals surface area contributed by atoms with E-state index in [0.717, 1.165) is 22.8 Å². The molecule has 0 aliphatic heterocycles. The van der Waals surface area contributed by atoms with Crippen molar-refractivity contribution in [2.24, 2.45) is 0 Å². The summed E-state index contributed by atoms with van der Waals surface area (Å²) in [5, 5.41) is 3.60. The van der Waals surface area contributed by atoms with E-state index in [0.29, 0.717) is 0 Å². The summed E-state index contributed by atoms with van der Waals surface area (Å²) in [5.41, 5.74) is -0.918. The summed E-state index contributed by atoms with van der Waals surface area (Å²) in [6, 6.07) is 5.54. The molecule has 3 rings (SSSR count). The number of alkyl halides is 3. The fourth-order valence-electron chi connectivity index (χ4n) is 2.97. The fraction of sp³-hybridized carbons (Fsp3) is 0.350. The molecule has 0 saturated heterocycles. The number of amides is 1. The maximum atomic E-state index is 13.9. The number of carbonyl (C=O) groups excluding carboxylic acids is 1. The normalized spacial score (nSPS) is 11.9. The predicted octanol–water partition coefficient (Wildman–Crippen LogP) is 4.53. The van der Waals surface area contributed by atoms with E-state index in [1.165, 1.54) is 31.0 Å². The lowest BCUT2D eigenvalue weighted by Crippen LogP contribution is -2.35. The first-order valence-electron chi connectivity index (χ1n) is 9.12. The molecule has 0 aliphatic carbocycles. The first-order chi connectivity index (χ1) is 14.0. The quantitative estimate of drug-likeness (QED) is 0.565. The van der Waals surface area contributed by atoms with Gasteiger partial charge in [0.05, 0.1) is 0 Å². The number of hydrogen-bond acceptors (Lipinski definition) is 4. The van der Waals surface area contributed by atoms with Crippen molar-refractivity contribution in [1.82, 2.24) is 19.6 Å². The van der Waals surface area contributed by atoms with Crippen molar-refractivity contribution in [1.29, 1.82) is 0 Å². The minimum Gasteiger partial charge on any atom is -0.338 e. The molecule has 1 aromatic carbocycles. The first kappa shape index (κ1) is 21.5. The molecule has 2 heterocycles. The standard InChI is InChI=1S/C20H20F4N4O2/c1-11(2)27(4)19(29)18-15(13-5-7-14(21)8-6-13)9-16(20(22,23)24)28(18)10-17-25-12(3)26-30-17/h5-9,11H,10H2,1-4H3. The molecule has 0 spiro atoms. The first-order valence-corrected chi connectivity index (χ1v) is 9.12. The van der Waals surface area contributed by atoms with Gasteiger partial charge in [0.1, 0.15) is 23.7 Å². The van der Waals surface area contributed by atoms with Crippen LogP contribution in [-0.4, -0.2) is 38.6 Å². The lowest BCUT2D eigenvalue weighted by atomic mass is 10.0. The molecule has 10 heteroatoms. The minimum absolute atomic E-state index is 0.0380. The molecule has 0 saturated carbocycles. The van der Waals surface area contributed by atoms with E-state index in [2.05, 4.69) is 10.1 Å². The van der Waals surface area contributed by atoms with Crippen molar-refractivity contribution < 1.29 is 26.9 Å². The topological polar surface area (TPSA) is 64.2 Å². The summed E-state index contributed by atoms with van der Waals surface area (Å²) in [5.74, 6) is -0.962. The molecule has 30 heavy (non-hydrogen) atoms. The molecular formula is C20H20F4N4O2. The number of hydrogen-bond donors (Lipinski definition) is 0. The van der Waals surface area contributed by atoms with Crippen molar-refractivity contribution >= 4 is 5.91 Å². The number of carbonyl (C=O) groups is 1. The van der Waals surface area contributed by atoms with Crippen LogP contribution in [-0.2, 0) is 12.7 Å². The van der Waals surface area contributed by atoms with Gasteiger partial charge in [0, 0.05) is 18.7 Å². The van der Waals surface area contributed by atoms with Crippen molar-refractivity contribution in [3.63, 3.8) is 0 Å². The second-order valence-electron chi connectivity index (χ2n) is 7.13. The molecule has 0 fully saturated rings. The SMILES string of the molecule is Cc1noc(Cn2c(C(F)(F)F)cc(-c3ccc(F)cc3)c2C(=O)N(C)C(C)C)n1. The maximum Gasteiger partial charge on any atom is 0.431 e. The lowest BCUT2D eigenvalue weighted by molar-refractivity contribution is -0.143. The van der Waals surface area contributed by atoms with Crippen molar-refractivity contribution in [3.05, 3.63) is 59.3 Å². The van der Waals surface area contributed by atoms with Gasteiger partial charge in [-0.1, -0.05) is 17.3 Å². The van der Waals surface area contributed by atoms with Gasteiger partial charge >= 0.3 is 6.18 Å². The average Bonchev–Trinajstić information content (AvgIpc) is 3.24. The van der Waals surface area contributed by atoms with E-state index in [1.807, 2.05) is 0 Å². The molecule has 0 aliphatic rings. The molecule has 0 radical (unpaired) electrons. The molecule has 6 nitrogen and oxygen atoms in total. The van der Waals surface area contributed by atoms with Gasteiger partial charge in [0.25, 0.3) is 5.91 Å². The third kappa shape index (κ3) is 4.22. The summed E-state index contributed by atoms with van der Waals surface area (Å²) in [6.45, 7) is 4.59. The number of aromatic nitrogens is 3. The second kappa shape index (κ2) is 7.92. The van der Waals surface area contributed by atoms with Crippen LogP contribution in [0.1, 0.15) is 41.7 Å². The highest BCUT2D eigenvalue weighted by atomic mass is 19.4. The van der Waals surface area contributed by atoms with Crippen LogP contribution in [0.2, 0.25) is 0 Å². The largest absolute Gasteiger partial charge is 0.431 e. The van der Waals surface area contributed by atoms with E-state index in [4.69, 9.17) is 4.52 Å². The fourth-order valence-corrected chi connectivity index (χ4v) is 2.97. The predicted molar refractivity (Wildman–Crippen MR) is 100 cm³/mol. The molecular weight excluding hydrogens is 404 g/mol. The monoisotopic (exact) mass is 424 g/mol. The Morgan fingerprint density at radius 3 is 2.37 bits per heavy atom. The second-order valence-corrected chi connectivity index (χ2v) is 7.13. The molecule has 160 valence electrons. The number of halogens is 4. The Hall–Kier alpha value is -3.17. The van der Waals surface area contributed by atoms with Crippen LogP contribution in [0.25, 0.3) is 11.1 Å². The number of nitrogens with zero attached hydrogens (tertiary/aromatic N) is 4. The Bertz CT molecular complexity index is 1050. The Labute approximate surface area is 170 Å². The zero-order valence-corrected chi connectivity index (χ0v) is 16.8. The van der Waals surface area contributed by atoms with Gasteiger partial charge in [-0.25, -0.2) is 4.39 Å². The van der Waals surface area contributed by atoms with E-state index in [1.54, 1.807) is 13.8 Å². The van der Waals surface area contributed by atoms with Crippen LogP contribution in [0.15, 0.2) is 34.9 Å². The summed E-state index contributed by atoms with van der Waals surface area (Å²) < 4.78 is 60.8. The van der Waals surface area contributed by atoms with E-state index >= 15 is 0 Å². The van der Waals surface area contributed by atoms with Gasteiger partial charge in [0.15, 0.2) is 5.82 Å². The minimum atomic E-state index is -4.75. The molecule has 1 amide bonds. The zero-order valence-electron chi connectivity index (χ0n) is 16.8. The molecule has 0 atom stereocenters. The zero-order chi connectivity index (χ0) is 22.2. The Morgan fingerprint density at radius 1 is 1.23 bits per heavy atom. The molecule has 3 aromatic rings. The van der Waals surface area contributed by atoms with E-state index in [-0.39, 0.29) is 34.6 Å². The average molecular weight is 424 g/mol. The number of rotatable bonds is 5. The Kier molecular flexibility index (Phi) is 5.69. The maximum absolute atomic E-state index is 13.9. The summed E-state index contributed by atoms with van der Waals surface area (Å²) >= 11 is 0. The van der Waals surface area contributed by atoms with Gasteiger partial charge in [0.2, 0.25) is 5.89 Å². The highest BCUT2D eigenvalue weighted by Gasteiger charge is 2.39. The van der Waals surface area contributed by atoms with Crippen LogP contribution in [0.4, 0.5) is 17.6 Å². The van der Waals surface area contributed by atoms with Crippen molar-refractivity contribution in [2.75, 3.05) is 7.05 Å². The van der Waals surface area contributed by atoms with Gasteiger partial charge < -0.3 is 14.0 Å². The molecule has 2 aromatic heterocycles. The van der Waals surface area contributed by atoms with Gasteiger partial charge in [-0.2, -0.15) is 18.2 Å². The summed E-state index contributed by atoms with van der Waals surface area (Å²) in [6.07, 6.45) is -4.75. The highest BCUT2D eigenvalue weighted by molar-refractivity contribution is 6.00.